The Balaban J connectivity index is 1.75. The van der Waals surface area contributed by atoms with E-state index in [2.05, 4.69) is 26.1 Å². The number of alkyl carbamates (subject to hydrolysis) is 1. The molecule has 2 aromatic rings. The average Bonchev–Trinajstić information content (AvgIpc) is 2.77. The number of carbonyl (C=O) groups excluding carboxylic acids is 2. The zero-order valence-corrected chi connectivity index (χ0v) is 19.4. The summed E-state index contributed by atoms with van der Waals surface area (Å²) < 4.78 is 5.83. The Kier molecular flexibility index (Phi) is 7.74. The first-order valence-corrected chi connectivity index (χ1v) is 11.4. The van der Waals surface area contributed by atoms with E-state index >= 15 is 0 Å². The Labute approximate surface area is 190 Å². The number of nitrogens with one attached hydrogen (secondary N) is 1. The van der Waals surface area contributed by atoms with E-state index in [1.54, 1.807) is 0 Å². The summed E-state index contributed by atoms with van der Waals surface area (Å²) in [7, 11) is 1.40. The van der Waals surface area contributed by atoms with Gasteiger partial charge < -0.3 is 10.1 Å². The molecule has 6 heteroatoms. The molecule has 1 N–H and O–H groups in total. The quantitative estimate of drug-likeness (QED) is 0.518. The van der Waals surface area contributed by atoms with Crippen LogP contribution in [-0.4, -0.2) is 36.1 Å². The fourth-order valence-electron chi connectivity index (χ4n) is 4.65. The summed E-state index contributed by atoms with van der Waals surface area (Å²) in [6.07, 6.45) is 4.36. The van der Waals surface area contributed by atoms with Crippen molar-refractivity contribution in [3.05, 3.63) is 48.0 Å². The van der Waals surface area contributed by atoms with Gasteiger partial charge in [-0.25, -0.2) is 4.79 Å². The zero-order valence-electron chi connectivity index (χ0n) is 19.4. The average molecular weight is 436 g/mol. The number of hydrogen-bond donors (Lipinski definition) is 1. The van der Waals surface area contributed by atoms with Crippen LogP contribution in [0.4, 0.5) is 4.79 Å². The lowest BCUT2D eigenvalue weighted by Gasteiger charge is -2.36. The highest BCUT2D eigenvalue weighted by atomic mass is 16.6. The van der Waals surface area contributed by atoms with Crippen LogP contribution < -0.4 is 5.32 Å². The Morgan fingerprint density at radius 1 is 1.19 bits per heavy atom. The van der Waals surface area contributed by atoms with Crippen molar-refractivity contribution in [2.75, 3.05) is 7.05 Å². The summed E-state index contributed by atoms with van der Waals surface area (Å²) in [5.74, 6) is 0.769. The maximum atomic E-state index is 12.8. The number of nitrogens with zero attached hydrogens (tertiary/aromatic N) is 2. The van der Waals surface area contributed by atoms with E-state index in [1.165, 1.54) is 7.05 Å². The second-order valence-corrected chi connectivity index (χ2v) is 9.35. The molecule has 0 aliphatic heterocycles. The van der Waals surface area contributed by atoms with E-state index in [1.807, 2.05) is 48.7 Å². The van der Waals surface area contributed by atoms with Crippen molar-refractivity contribution in [3.8, 4) is 6.19 Å². The van der Waals surface area contributed by atoms with E-state index in [0.29, 0.717) is 17.8 Å². The molecular formula is C26H33N3O3. The van der Waals surface area contributed by atoms with Crippen molar-refractivity contribution in [1.82, 2.24) is 10.2 Å². The molecule has 0 radical (unpaired) electrons. The minimum atomic E-state index is -0.883. The smallest absolute Gasteiger partial charge is 0.408 e. The predicted octanol–water partition coefficient (Wildman–Crippen LogP) is 4.88. The molecule has 32 heavy (non-hydrogen) atoms. The highest BCUT2D eigenvalue weighted by Gasteiger charge is 2.34. The second kappa shape index (κ2) is 10.5. The summed E-state index contributed by atoms with van der Waals surface area (Å²) in [6, 6.07) is 13.0. The zero-order chi connectivity index (χ0) is 23.3. The van der Waals surface area contributed by atoms with Crippen LogP contribution in [-0.2, 0) is 16.0 Å². The Morgan fingerprint density at radius 3 is 2.59 bits per heavy atom. The molecule has 1 fully saturated rings. The van der Waals surface area contributed by atoms with Gasteiger partial charge in [0.05, 0.1) is 0 Å². The van der Waals surface area contributed by atoms with E-state index < -0.39 is 18.0 Å². The van der Waals surface area contributed by atoms with Crippen LogP contribution in [0.5, 0.6) is 0 Å². The molecule has 0 aromatic heterocycles. The Morgan fingerprint density at radius 2 is 1.91 bits per heavy atom. The van der Waals surface area contributed by atoms with Crippen LogP contribution in [0.25, 0.3) is 10.8 Å². The van der Waals surface area contributed by atoms with Gasteiger partial charge >= 0.3 is 6.09 Å². The van der Waals surface area contributed by atoms with Gasteiger partial charge in [0.25, 0.3) is 5.91 Å². The second-order valence-electron chi connectivity index (χ2n) is 9.35. The summed E-state index contributed by atoms with van der Waals surface area (Å²) in [5, 5.41) is 14.1. The maximum absolute atomic E-state index is 12.8. The Hall–Kier alpha value is -3.07. The van der Waals surface area contributed by atoms with Gasteiger partial charge in [0.1, 0.15) is 12.1 Å². The number of benzene rings is 2. The van der Waals surface area contributed by atoms with Crippen molar-refractivity contribution in [1.29, 1.82) is 5.26 Å². The molecular weight excluding hydrogens is 402 g/mol. The third kappa shape index (κ3) is 5.79. The molecule has 1 aliphatic carbocycles. The highest BCUT2D eigenvalue weighted by molar-refractivity contribution is 5.87. The van der Waals surface area contributed by atoms with Gasteiger partial charge in [0.2, 0.25) is 0 Å². The van der Waals surface area contributed by atoms with Gasteiger partial charge in [0, 0.05) is 13.5 Å². The molecule has 4 atom stereocenters. The minimum absolute atomic E-state index is 0.163. The normalized spacial score (nSPS) is 21.6. The van der Waals surface area contributed by atoms with Gasteiger partial charge in [-0.2, -0.15) is 5.26 Å². The van der Waals surface area contributed by atoms with Crippen LogP contribution >= 0.6 is 0 Å². The molecule has 4 unspecified atom stereocenters. The first-order valence-electron chi connectivity index (χ1n) is 11.4. The molecule has 0 spiro atoms. The number of carbonyl (C=O) groups is 2. The molecule has 2 aromatic carbocycles. The van der Waals surface area contributed by atoms with Crippen LogP contribution in [0.2, 0.25) is 0 Å². The fourth-order valence-corrected chi connectivity index (χ4v) is 4.65. The van der Waals surface area contributed by atoms with Gasteiger partial charge in [0.15, 0.2) is 6.19 Å². The van der Waals surface area contributed by atoms with Crippen LogP contribution in [0.1, 0.15) is 45.6 Å². The highest BCUT2D eigenvalue weighted by Crippen LogP contribution is 2.35. The topological polar surface area (TPSA) is 82.4 Å². The summed E-state index contributed by atoms with van der Waals surface area (Å²) in [4.78, 5) is 26.6. The van der Waals surface area contributed by atoms with Crippen LogP contribution in [0.15, 0.2) is 42.5 Å². The minimum Gasteiger partial charge on any atom is -0.446 e. The molecule has 1 saturated carbocycles. The third-order valence-electron chi connectivity index (χ3n) is 6.54. The van der Waals surface area contributed by atoms with E-state index in [4.69, 9.17) is 4.74 Å². The number of fused-ring (bicyclic) bond motifs is 1. The van der Waals surface area contributed by atoms with Crippen molar-refractivity contribution in [2.45, 2.75) is 58.6 Å². The lowest BCUT2D eigenvalue weighted by molar-refractivity contribution is -0.129. The first kappa shape index (κ1) is 23.6. The van der Waals surface area contributed by atoms with Gasteiger partial charge in [-0.15, -0.1) is 0 Å². The van der Waals surface area contributed by atoms with E-state index in [0.717, 1.165) is 40.5 Å². The van der Waals surface area contributed by atoms with Gasteiger partial charge in [-0.1, -0.05) is 69.7 Å². The number of ether oxygens (including phenoxy) is 1. The van der Waals surface area contributed by atoms with Crippen molar-refractivity contribution in [2.24, 2.45) is 17.8 Å². The molecule has 2 amide bonds. The van der Waals surface area contributed by atoms with Crippen LogP contribution in [0, 0.1) is 29.2 Å². The molecule has 0 bridgehead atoms. The number of likely N-dealkylation sites (N-methyl/N-ethyl adjacent to an activating group) is 1. The molecule has 1 aliphatic rings. The first-order chi connectivity index (χ1) is 15.3. The third-order valence-corrected chi connectivity index (χ3v) is 6.54. The monoisotopic (exact) mass is 435 g/mol. The molecule has 3 rings (SSSR count). The van der Waals surface area contributed by atoms with Crippen molar-refractivity contribution >= 4 is 22.8 Å². The number of amides is 2. The van der Waals surface area contributed by atoms with Gasteiger partial charge in [-0.05, 0) is 46.9 Å². The molecule has 170 valence electrons. The maximum Gasteiger partial charge on any atom is 0.408 e. The van der Waals surface area contributed by atoms with Gasteiger partial charge in [-0.3, -0.25) is 9.69 Å². The Bertz CT molecular complexity index is 997. The van der Waals surface area contributed by atoms with Crippen molar-refractivity contribution < 1.29 is 14.3 Å². The number of rotatable bonds is 6. The summed E-state index contributed by atoms with van der Waals surface area (Å²) >= 11 is 0. The standard InChI is InChI=1S/C26H33N3O3/c1-17(2)22-12-9-18(3)13-24(22)32-26(31)28-23(25(30)29(4)16-27)15-19-10-11-20-7-5-6-8-21(20)14-19/h5-8,10-11,14,17-18,22-24H,9,12-13,15H2,1-4H3,(H,28,31). The number of hydrogen-bond acceptors (Lipinski definition) is 4. The van der Waals surface area contributed by atoms with Crippen molar-refractivity contribution in [3.63, 3.8) is 0 Å². The number of nitriles is 1. The summed E-state index contributed by atoms with van der Waals surface area (Å²) in [6.45, 7) is 6.49. The van der Waals surface area contributed by atoms with Crippen LogP contribution in [0.3, 0.4) is 0 Å². The SMILES string of the molecule is CC1CCC(C(C)C)C(OC(=O)NC(Cc2ccc3ccccc3c2)C(=O)N(C)C#N)C1. The fraction of sp³-hybridized carbons (Fsp3) is 0.500. The van der Waals surface area contributed by atoms with E-state index in [9.17, 15) is 14.9 Å². The van der Waals surface area contributed by atoms with E-state index in [-0.39, 0.29) is 12.5 Å². The largest absolute Gasteiger partial charge is 0.446 e. The summed E-state index contributed by atoms with van der Waals surface area (Å²) in [5.41, 5.74) is 0.903. The lowest BCUT2D eigenvalue weighted by Crippen LogP contribution is -2.49. The lowest BCUT2D eigenvalue weighted by atomic mass is 9.75. The molecule has 0 saturated heterocycles. The molecule has 0 heterocycles. The molecule has 6 nitrogen and oxygen atoms in total. The predicted molar refractivity (Wildman–Crippen MR) is 125 cm³/mol.